The molecule has 0 saturated heterocycles. The van der Waals surface area contributed by atoms with E-state index in [0.717, 1.165) is 12.8 Å². The Bertz CT molecular complexity index is 44.5. The summed E-state index contributed by atoms with van der Waals surface area (Å²) < 4.78 is 0. The molecule has 0 spiro atoms. The smallest absolute Gasteiger partial charge is 0.0902 e. The van der Waals surface area contributed by atoms with Crippen LogP contribution in [0.5, 0.6) is 0 Å². The van der Waals surface area contributed by atoms with E-state index in [1.807, 2.05) is 0 Å². The highest BCUT2D eigenvalue weighted by Crippen LogP contribution is 2.07. The van der Waals surface area contributed by atoms with Crippen molar-refractivity contribution in [3.63, 3.8) is 0 Å². The Morgan fingerprint density at radius 2 is 1.88 bits per heavy atom. The minimum Gasteiger partial charge on any atom is -0.233 e. The molecule has 2 heteroatoms. The molecule has 0 N–H and O–H groups in total. The second-order valence-electron chi connectivity index (χ2n) is 2.17. The quantitative estimate of drug-likeness (QED) is 0.594. The van der Waals surface area contributed by atoms with Crippen molar-refractivity contribution >= 4 is 15.9 Å². The molecule has 0 aliphatic rings. The Balaban J connectivity index is 2.93. The van der Waals surface area contributed by atoms with Gasteiger partial charge in [0, 0.05) is 4.83 Å². The third-order valence-electron chi connectivity index (χ3n) is 0.971. The molecule has 2 unspecified atom stereocenters. The summed E-state index contributed by atoms with van der Waals surface area (Å²) in [7, 11) is 0. The zero-order chi connectivity index (χ0) is 6.57. The van der Waals surface area contributed by atoms with Gasteiger partial charge in [0.05, 0.1) is 6.10 Å². The second kappa shape index (κ2) is 4.33. The molecule has 0 aliphatic heterocycles. The molecule has 0 heterocycles. The number of hydrogen-bond donors (Lipinski definition) is 0. The van der Waals surface area contributed by atoms with Gasteiger partial charge >= 0.3 is 0 Å². The molecule has 0 amide bonds. The SMILES string of the molecule is CC([O])CCC(C)Br. The van der Waals surface area contributed by atoms with Crippen molar-refractivity contribution < 1.29 is 5.11 Å². The fraction of sp³-hybridized carbons (Fsp3) is 1.00. The Hall–Kier alpha value is 0.440. The highest BCUT2D eigenvalue weighted by atomic mass is 79.9. The van der Waals surface area contributed by atoms with Gasteiger partial charge in [0.2, 0.25) is 0 Å². The zero-order valence-corrected chi connectivity index (χ0v) is 6.94. The van der Waals surface area contributed by atoms with E-state index >= 15 is 0 Å². The summed E-state index contributed by atoms with van der Waals surface area (Å²) in [6.45, 7) is 3.76. The van der Waals surface area contributed by atoms with Crippen molar-refractivity contribution in [1.29, 1.82) is 0 Å². The van der Waals surface area contributed by atoms with Gasteiger partial charge in [-0.15, -0.1) is 0 Å². The van der Waals surface area contributed by atoms with Crippen LogP contribution >= 0.6 is 15.9 Å². The van der Waals surface area contributed by atoms with Gasteiger partial charge in [0.15, 0.2) is 0 Å². The molecule has 2 atom stereocenters. The molecule has 8 heavy (non-hydrogen) atoms. The van der Waals surface area contributed by atoms with Crippen LogP contribution in [0.15, 0.2) is 0 Å². The van der Waals surface area contributed by atoms with E-state index in [-0.39, 0.29) is 0 Å². The molecule has 0 bridgehead atoms. The lowest BCUT2D eigenvalue weighted by Crippen LogP contribution is -2.00. The molecule has 0 rings (SSSR count). The summed E-state index contributed by atoms with van der Waals surface area (Å²) >= 11 is 3.36. The molecule has 0 aromatic rings. The van der Waals surface area contributed by atoms with Crippen LogP contribution in [0.2, 0.25) is 0 Å². The summed E-state index contributed by atoms with van der Waals surface area (Å²) in [5.41, 5.74) is 0. The van der Waals surface area contributed by atoms with E-state index in [0.29, 0.717) is 4.83 Å². The van der Waals surface area contributed by atoms with Gasteiger partial charge in [-0.1, -0.05) is 22.9 Å². The van der Waals surface area contributed by atoms with Crippen LogP contribution in [0.1, 0.15) is 26.7 Å². The summed E-state index contributed by atoms with van der Waals surface area (Å²) in [6, 6.07) is 0. The van der Waals surface area contributed by atoms with Crippen molar-refractivity contribution in [2.45, 2.75) is 37.6 Å². The summed E-state index contributed by atoms with van der Waals surface area (Å²) in [5, 5.41) is 10.4. The van der Waals surface area contributed by atoms with Crippen LogP contribution in [-0.2, 0) is 5.11 Å². The second-order valence-corrected chi connectivity index (χ2v) is 3.73. The molecule has 49 valence electrons. The first-order valence-electron chi connectivity index (χ1n) is 2.93. The third-order valence-corrected chi connectivity index (χ3v) is 1.43. The van der Waals surface area contributed by atoms with Crippen molar-refractivity contribution in [3.05, 3.63) is 0 Å². The Labute approximate surface area is 59.2 Å². The molecular formula is C6H12BrO. The molecule has 0 aromatic heterocycles. The van der Waals surface area contributed by atoms with Crippen molar-refractivity contribution in [2.75, 3.05) is 0 Å². The maximum Gasteiger partial charge on any atom is 0.0902 e. The summed E-state index contributed by atoms with van der Waals surface area (Å²) in [5.74, 6) is 0. The maximum absolute atomic E-state index is 10.4. The van der Waals surface area contributed by atoms with E-state index in [1.165, 1.54) is 0 Å². The predicted molar refractivity (Wildman–Crippen MR) is 37.8 cm³/mol. The number of alkyl halides is 1. The monoisotopic (exact) mass is 179 g/mol. The molecule has 0 saturated carbocycles. The lowest BCUT2D eigenvalue weighted by Gasteiger charge is -2.01. The van der Waals surface area contributed by atoms with Gasteiger partial charge in [0.25, 0.3) is 0 Å². The van der Waals surface area contributed by atoms with Gasteiger partial charge < -0.3 is 0 Å². The summed E-state index contributed by atoms with van der Waals surface area (Å²) in [6.07, 6.45) is 1.38. The lowest BCUT2D eigenvalue weighted by molar-refractivity contribution is 0.0960. The van der Waals surface area contributed by atoms with Crippen molar-refractivity contribution in [2.24, 2.45) is 0 Å². The minimum absolute atomic E-state index is 0.394. The topological polar surface area (TPSA) is 19.9 Å². The van der Waals surface area contributed by atoms with Gasteiger partial charge in [0.1, 0.15) is 0 Å². The Morgan fingerprint density at radius 3 is 2.00 bits per heavy atom. The fourth-order valence-electron chi connectivity index (χ4n) is 0.464. The average molecular weight is 180 g/mol. The Morgan fingerprint density at radius 1 is 1.38 bits per heavy atom. The number of hydrogen-bond acceptors (Lipinski definition) is 0. The minimum atomic E-state index is -0.394. The molecule has 1 nitrogen and oxygen atoms in total. The highest BCUT2D eigenvalue weighted by Gasteiger charge is 1.99. The van der Waals surface area contributed by atoms with E-state index in [2.05, 4.69) is 22.9 Å². The molecule has 0 fully saturated rings. The van der Waals surface area contributed by atoms with Crippen LogP contribution in [0, 0.1) is 0 Å². The zero-order valence-electron chi connectivity index (χ0n) is 5.36. The van der Waals surface area contributed by atoms with Gasteiger partial charge in [-0.05, 0) is 19.8 Å². The van der Waals surface area contributed by atoms with Gasteiger partial charge in [-0.25, -0.2) is 5.11 Å². The molecule has 0 aliphatic carbocycles. The van der Waals surface area contributed by atoms with E-state index in [4.69, 9.17) is 0 Å². The van der Waals surface area contributed by atoms with E-state index < -0.39 is 6.10 Å². The van der Waals surface area contributed by atoms with E-state index in [9.17, 15) is 5.11 Å². The van der Waals surface area contributed by atoms with Crippen LogP contribution in [0.4, 0.5) is 0 Å². The largest absolute Gasteiger partial charge is 0.233 e. The first-order chi connectivity index (χ1) is 3.63. The van der Waals surface area contributed by atoms with Crippen molar-refractivity contribution in [3.8, 4) is 0 Å². The number of rotatable bonds is 3. The first kappa shape index (κ1) is 8.44. The molecule has 1 radical (unpaired) electrons. The normalized spacial score (nSPS) is 18.0. The standard InChI is InChI=1S/C6H12BrO/c1-5(7)3-4-6(2)8/h5-6H,3-4H2,1-2H3. The maximum atomic E-state index is 10.4. The predicted octanol–water partition coefficient (Wildman–Crippen LogP) is 2.37. The molecular weight excluding hydrogens is 168 g/mol. The van der Waals surface area contributed by atoms with E-state index in [1.54, 1.807) is 6.92 Å². The lowest BCUT2D eigenvalue weighted by atomic mass is 10.2. The number of halogens is 1. The highest BCUT2D eigenvalue weighted by molar-refractivity contribution is 9.09. The van der Waals surface area contributed by atoms with Crippen LogP contribution in [0.25, 0.3) is 0 Å². The van der Waals surface area contributed by atoms with Crippen LogP contribution in [0.3, 0.4) is 0 Å². The van der Waals surface area contributed by atoms with Crippen molar-refractivity contribution in [1.82, 2.24) is 0 Å². The van der Waals surface area contributed by atoms with Gasteiger partial charge in [-0.2, -0.15) is 0 Å². The first-order valence-corrected chi connectivity index (χ1v) is 3.84. The van der Waals surface area contributed by atoms with Crippen LogP contribution in [-0.4, -0.2) is 10.9 Å². The molecule has 0 aromatic carbocycles. The van der Waals surface area contributed by atoms with Gasteiger partial charge in [-0.3, -0.25) is 0 Å². The average Bonchev–Trinajstić information content (AvgIpc) is 1.61. The van der Waals surface area contributed by atoms with Crippen LogP contribution < -0.4 is 0 Å². The Kier molecular flexibility index (Phi) is 4.57. The fourth-order valence-corrected chi connectivity index (χ4v) is 0.729. The third kappa shape index (κ3) is 6.44. The summed E-state index contributed by atoms with van der Waals surface area (Å²) in [4.78, 5) is 0.499.